The van der Waals surface area contributed by atoms with Gasteiger partial charge in [-0.25, -0.2) is 9.96 Å². The van der Waals surface area contributed by atoms with Crippen molar-refractivity contribution in [1.82, 2.24) is 0 Å². The van der Waals surface area contributed by atoms with Gasteiger partial charge >= 0.3 is 0 Å². The van der Waals surface area contributed by atoms with E-state index in [1.54, 1.807) is 11.1 Å². The molecule has 5 nitrogen and oxygen atoms in total. The Labute approximate surface area is 194 Å². The fraction of sp³-hybridized carbons (Fsp3) is 0.286. The molecule has 2 fully saturated rings. The lowest BCUT2D eigenvalue weighted by Crippen LogP contribution is -2.37. The topological polar surface area (TPSA) is 49.9 Å². The summed E-state index contributed by atoms with van der Waals surface area (Å²) in [4.78, 5) is 34.6. The number of rotatable bonds is 3. The number of imide groups is 1. The predicted molar refractivity (Wildman–Crippen MR) is 129 cm³/mol. The van der Waals surface area contributed by atoms with Gasteiger partial charge in [-0.1, -0.05) is 75.4 Å². The van der Waals surface area contributed by atoms with Crippen molar-refractivity contribution < 1.29 is 14.4 Å². The lowest BCUT2D eigenvalue weighted by Gasteiger charge is -2.29. The number of para-hydroxylation sites is 1. The molecule has 5 rings (SSSR count). The molecule has 0 aliphatic carbocycles. The van der Waals surface area contributed by atoms with Gasteiger partial charge in [0, 0.05) is 0 Å². The summed E-state index contributed by atoms with van der Waals surface area (Å²) in [6.45, 7) is 8.46. The molecule has 2 heterocycles. The van der Waals surface area contributed by atoms with E-state index >= 15 is 0 Å². The Bertz CT molecular complexity index is 1200. The molecule has 3 aromatic rings. The lowest BCUT2D eigenvalue weighted by atomic mass is 9.84. The van der Waals surface area contributed by atoms with Gasteiger partial charge in [0.15, 0.2) is 6.10 Å². The second kappa shape index (κ2) is 7.85. The van der Waals surface area contributed by atoms with E-state index in [9.17, 15) is 9.59 Å². The summed E-state index contributed by atoms with van der Waals surface area (Å²) >= 11 is 0. The Hall–Kier alpha value is -3.44. The monoisotopic (exact) mass is 440 g/mol. The van der Waals surface area contributed by atoms with Gasteiger partial charge in [-0.2, -0.15) is 0 Å². The van der Waals surface area contributed by atoms with Gasteiger partial charge in [-0.3, -0.25) is 14.4 Å². The van der Waals surface area contributed by atoms with Crippen LogP contribution in [-0.2, 0) is 19.8 Å². The van der Waals surface area contributed by atoms with Gasteiger partial charge in [0.1, 0.15) is 5.92 Å². The summed E-state index contributed by atoms with van der Waals surface area (Å²) in [5.74, 6) is -1.16. The number of aryl methyl sites for hydroxylation is 1. The first-order valence-corrected chi connectivity index (χ1v) is 11.3. The second-order valence-electron chi connectivity index (χ2n) is 9.88. The SMILES string of the molecule is Cc1cccc(N2C(=O)[C@H]3[C@@H](ON(c4ccccc4)[C@H]3c3ccc(C(C)(C)C)cc3)C2=O)c1. The molecule has 33 heavy (non-hydrogen) atoms. The Morgan fingerprint density at radius 3 is 2.09 bits per heavy atom. The Morgan fingerprint density at radius 1 is 0.788 bits per heavy atom. The normalized spacial score (nSPS) is 22.7. The number of amides is 2. The zero-order chi connectivity index (χ0) is 23.3. The van der Waals surface area contributed by atoms with E-state index in [2.05, 4.69) is 45.0 Å². The molecule has 0 spiro atoms. The second-order valence-corrected chi connectivity index (χ2v) is 9.88. The molecule has 5 heteroatoms. The van der Waals surface area contributed by atoms with Crippen molar-refractivity contribution in [3.63, 3.8) is 0 Å². The van der Waals surface area contributed by atoms with Gasteiger partial charge in [0.2, 0.25) is 5.91 Å². The molecular formula is C28H28N2O3. The van der Waals surface area contributed by atoms with E-state index < -0.39 is 18.1 Å². The minimum absolute atomic E-state index is 0.0213. The van der Waals surface area contributed by atoms with Crippen LogP contribution in [0.2, 0.25) is 0 Å². The molecule has 3 atom stereocenters. The molecule has 0 N–H and O–H groups in total. The van der Waals surface area contributed by atoms with Crippen LogP contribution in [0.4, 0.5) is 11.4 Å². The van der Waals surface area contributed by atoms with Crippen molar-refractivity contribution in [2.45, 2.75) is 45.3 Å². The van der Waals surface area contributed by atoms with Crippen LogP contribution >= 0.6 is 0 Å². The zero-order valence-corrected chi connectivity index (χ0v) is 19.4. The number of carbonyl (C=O) groups is 2. The lowest BCUT2D eigenvalue weighted by molar-refractivity contribution is -0.126. The summed E-state index contributed by atoms with van der Waals surface area (Å²) in [6, 6.07) is 25.0. The highest BCUT2D eigenvalue weighted by Gasteiger charge is 2.60. The van der Waals surface area contributed by atoms with Gasteiger partial charge < -0.3 is 0 Å². The fourth-order valence-corrected chi connectivity index (χ4v) is 4.75. The minimum atomic E-state index is -0.856. The highest BCUT2D eigenvalue weighted by atomic mass is 16.7. The maximum atomic E-state index is 13.7. The largest absolute Gasteiger partial charge is 0.273 e. The number of hydroxylamine groups is 1. The maximum absolute atomic E-state index is 13.7. The molecule has 0 unspecified atom stereocenters. The zero-order valence-electron chi connectivity index (χ0n) is 19.4. The smallest absolute Gasteiger partial charge is 0.266 e. The minimum Gasteiger partial charge on any atom is -0.273 e. The van der Waals surface area contributed by atoms with Crippen molar-refractivity contribution in [1.29, 1.82) is 0 Å². The third-order valence-electron chi connectivity index (χ3n) is 6.50. The van der Waals surface area contributed by atoms with Crippen molar-refractivity contribution in [2.75, 3.05) is 9.96 Å². The van der Waals surface area contributed by atoms with Crippen LogP contribution in [0.15, 0.2) is 78.9 Å². The van der Waals surface area contributed by atoms with Crippen LogP contribution in [0.1, 0.15) is 43.5 Å². The van der Waals surface area contributed by atoms with Gasteiger partial charge in [-0.05, 0) is 53.3 Å². The summed E-state index contributed by atoms with van der Waals surface area (Å²) in [7, 11) is 0. The first-order valence-electron chi connectivity index (χ1n) is 11.3. The van der Waals surface area contributed by atoms with E-state index in [-0.39, 0.29) is 17.2 Å². The highest BCUT2D eigenvalue weighted by molar-refractivity contribution is 6.23. The molecule has 0 bridgehead atoms. The molecule has 0 aromatic heterocycles. The Balaban J connectivity index is 1.57. The maximum Gasteiger partial charge on any atom is 0.266 e. The summed E-state index contributed by atoms with van der Waals surface area (Å²) in [5, 5.41) is 1.74. The van der Waals surface area contributed by atoms with Crippen molar-refractivity contribution in [3.05, 3.63) is 95.6 Å². The molecule has 0 saturated carbocycles. The molecule has 168 valence electrons. The highest BCUT2D eigenvalue weighted by Crippen LogP contribution is 2.47. The third kappa shape index (κ3) is 3.62. The Morgan fingerprint density at radius 2 is 1.45 bits per heavy atom. The molecule has 2 aliphatic heterocycles. The molecule has 2 amide bonds. The van der Waals surface area contributed by atoms with E-state index in [1.807, 2.05) is 55.5 Å². The van der Waals surface area contributed by atoms with E-state index in [0.717, 1.165) is 16.8 Å². The predicted octanol–water partition coefficient (Wildman–Crippen LogP) is 5.34. The number of hydrogen-bond donors (Lipinski definition) is 0. The van der Waals surface area contributed by atoms with Gasteiger partial charge in [-0.15, -0.1) is 0 Å². The first kappa shape index (κ1) is 21.4. The van der Waals surface area contributed by atoms with Crippen LogP contribution < -0.4 is 9.96 Å². The average molecular weight is 441 g/mol. The van der Waals surface area contributed by atoms with Crippen LogP contribution in [0.5, 0.6) is 0 Å². The van der Waals surface area contributed by atoms with E-state index in [1.165, 1.54) is 10.5 Å². The number of benzene rings is 3. The molecule has 0 radical (unpaired) electrons. The molecule has 2 saturated heterocycles. The van der Waals surface area contributed by atoms with Crippen molar-refractivity contribution in [2.24, 2.45) is 5.92 Å². The van der Waals surface area contributed by atoms with Crippen LogP contribution in [-0.4, -0.2) is 17.9 Å². The van der Waals surface area contributed by atoms with E-state index in [0.29, 0.717) is 5.69 Å². The standard InChI is InChI=1S/C28H28N2O3/c1-18-9-8-12-22(17-18)29-26(31)23-24(19-13-15-20(16-14-19)28(2,3)4)30(33-25(23)27(29)32)21-10-6-5-7-11-21/h5-17,23-25H,1-4H3/t23-,24+,25-/m1/s1. The van der Waals surface area contributed by atoms with Crippen molar-refractivity contribution in [3.8, 4) is 0 Å². The third-order valence-corrected chi connectivity index (χ3v) is 6.50. The van der Waals surface area contributed by atoms with Gasteiger partial charge in [0.05, 0.1) is 17.4 Å². The average Bonchev–Trinajstić information content (AvgIpc) is 3.30. The van der Waals surface area contributed by atoms with Crippen LogP contribution in [0.3, 0.4) is 0 Å². The fourth-order valence-electron chi connectivity index (χ4n) is 4.75. The quantitative estimate of drug-likeness (QED) is 0.516. The molecule has 3 aromatic carbocycles. The van der Waals surface area contributed by atoms with Crippen molar-refractivity contribution >= 4 is 23.2 Å². The number of nitrogens with zero attached hydrogens (tertiary/aromatic N) is 2. The molecule has 2 aliphatic rings. The summed E-state index contributed by atoms with van der Waals surface area (Å²) < 4.78 is 0. The first-order chi connectivity index (χ1) is 15.8. The molecular weight excluding hydrogens is 412 g/mol. The summed E-state index contributed by atoms with van der Waals surface area (Å²) in [6.07, 6.45) is -0.856. The Kier molecular flexibility index (Phi) is 5.09. The van der Waals surface area contributed by atoms with Crippen LogP contribution in [0.25, 0.3) is 0 Å². The number of hydrogen-bond acceptors (Lipinski definition) is 4. The number of anilines is 2. The summed E-state index contributed by atoms with van der Waals surface area (Å²) in [5.41, 5.74) is 4.59. The van der Waals surface area contributed by atoms with E-state index in [4.69, 9.17) is 4.84 Å². The number of carbonyl (C=O) groups excluding carboxylic acids is 2. The number of fused-ring (bicyclic) bond motifs is 1. The van der Waals surface area contributed by atoms with Gasteiger partial charge in [0.25, 0.3) is 5.91 Å². The van der Waals surface area contributed by atoms with Crippen LogP contribution in [0, 0.1) is 12.8 Å².